The van der Waals surface area contributed by atoms with Gasteiger partial charge in [-0.2, -0.15) is 5.26 Å². The van der Waals surface area contributed by atoms with Gasteiger partial charge >= 0.3 is 0 Å². The van der Waals surface area contributed by atoms with Gasteiger partial charge in [0.25, 0.3) is 0 Å². The maximum atomic E-state index is 8.92. The van der Waals surface area contributed by atoms with Crippen LogP contribution in [-0.4, -0.2) is 0 Å². The summed E-state index contributed by atoms with van der Waals surface area (Å²) in [6, 6.07) is 10.4. The lowest BCUT2D eigenvalue weighted by molar-refractivity contribution is 1.14. The minimum Gasteiger partial charge on any atom is -0.192 e. The van der Waals surface area contributed by atoms with Crippen LogP contribution in [0.1, 0.15) is 31.4 Å². The molecule has 0 fully saturated rings. The second-order valence-corrected chi connectivity index (χ2v) is 3.19. The van der Waals surface area contributed by atoms with Crippen molar-refractivity contribution in [3.63, 3.8) is 0 Å². The zero-order valence-electron chi connectivity index (χ0n) is 8.75. The highest BCUT2D eigenvalue weighted by atomic mass is 14.2. The highest BCUT2D eigenvalue weighted by Gasteiger charge is 1.98. The number of allylic oxidation sites excluding steroid dienone is 2. The van der Waals surface area contributed by atoms with Gasteiger partial charge in [-0.25, -0.2) is 0 Å². The Morgan fingerprint density at radius 1 is 1.29 bits per heavy atom. The molecule has 0 saturated heterocycles. The summed E-state index contributed by atoms with van der Waals surface area (Å²) in [5.41, 5.74) is 3.10. The van der Waals surface area contributed by atoms with Crippen molar-refractivity contribution in [1.29, 1.82) is 5.26 Å². The minimum absolute atomic E-state index is 0.773. The number of hydrogen-bond donors (Lipinski definition) is 0. The Morgan fingerprint density at radius 3 is 2.36 bits per heavy atom. The third kappa shape index (κ3) is 2.47. The summed E-state index contributed by atoms with van der Waals surface area (Å²) in [5, 5.41) is 8.92. The van der Waals surface area contributed by atoms with E-state index in [-0.39, 0.29) is 0 Å². The fourth-order valence-electron chi connectivity index (χ4n) is 1.35. The largest absolute Gasteiger partial charge is 0.192 e. The number of rotatable bonds is 3. The lowest BCUT2D eigenvalue weighted by atomic mass is 10.0. The predicted molar refractivity (Wildman–Crippen MR) is 59.7 cm³/mol. The first-order chi connectivity index (χ1) is 6.81. The van der Waals surface area contributed by atoms with Crippen LogP contribution in [0, 0.1) is 11.3 Å². The van der Waals surface area contributed by atoms with Gasteiger partial charge in [0, 0.05) is 0 Å². The van der Waals surface area contributed by atoms with E-state index in [0.29, 0.717) is 0 Å². The second kappa shape index (κ2) is 5.24. The molecule has 0 aliphatic carbocycles. The maximum absolute atomic E-state index is 8.92. The Hall–Kier alpha value is -1.55. The van der Waals surface area contributed by atoms with Gasteiger partial charge in [-0.3, -0.25) is 0 Å². The van der Waals surface area contributed by atoms with Gasteiger partial charge in [0.2, 0.25) is 0 Å². The first kappa shape index (κ1) is 10.5. The highest BCUT2D eigenvalue weighted by molar-refractivity contribution is 5.76. The molecule has 0 heterocycles. The van der Waals surface area contributed by atoms with Crippen LogP contribution in [0.2, 0.25) is 0 Å². The predicted octanol–water partition coefficient (Wildman–Crippen LogP) is 3.57. The van der Waals surface area contributed by atoms with E-state index in [1.807, 2.05) is 25.1 Å². The van der Waals surface area contributed by atoms with Crippen LogP contribution in [0.15, 0.2) is 30.3 Å². The summed E-state index contributed by atoms with van der Waals surface area (Å²) in [6.07, 6.45) is 3.90. The van der Waals surface area contributed by atoms with Crippen molar-refractivity contribution in [3.05, 3.63) is 41.5 Å². The summed E-state index contributed by atoms with van der Waals surface area (Å²) in [5.74, 6) is 0. The van der Waals surface area contributed by atoms with Crippen molar-refractivity contribution in [1.82, 2.24) is 0 Å². The molecule has 0 aliphatic rings. The molecule has 1 aromatic rings. The van der Waals surface area contributed by atoms with Gasteiger partial charge in [0.05, 0.1) is 11.6 Å². The summed E-state index contributed by atoms with van der Waals surface area (Å²) in [7, 11) is 0. The highest BCUT2D eigenvalue weighted by Crippen LogP contribution is 2.15. The lowest BCUT2D eigenvalue weighted by Crippen LogP contribution is -1.84. The van der Waals surface area contributed by atoms with E-state index in [9.17, 15) is 0 Å². The molecule has 0 spiro atoms. The van der Waals surface area contributed by atoms with E-state index >= 15 is 0 Å². The molecule has 0 amide bonds. The quantitative estimate of drug-likeness (QED) is 0.660. The Kier molecular flexibility index (Phi) is 3.94. The van der Waals surface area contributed by atoms with E-state index in [2.05, 4.69) is 25.1 Å². The molecule has 1 heteroatoms. The van der Waals surface area contributed by atoms with E-state index in [1.54, 1.807) is 0 Å². The molecular formula is C13H15N. The zero-order chi connectivity index (χ0) is 10.4. The third-order valence-electron chi connectivity index (χ3n) is 2.20. The molecule has 72 valence electrons. The van der Waals surface area contributed by atoms with Gasteiger partial charge < -0.3 is 0 Å². The number of benzene rings is 1. The average molecular weight is 185 g/mol. The van der Waals surface area contributed by atoms with Crippen LogP contribution in [0.4, 0.5) is 0 Å². The summed E-state index contributed by atoms with van der Waals surface area (Å²) in [6.45, 7) is 4.17. The van der Waals surface area contributed by atoms with E-state index in [4.69, 9.17) is 5.26 Å². The molecule has 1 rings (SSSR count). The minimum atomic E-state index is 0.773. The maximum Gasteiger partial charge on any atom is 0.0994 e. The van der Waals surface area contributed by atoms with Gasteiger partial charge in [0.15, 0.2) is 0 Å². The Labute approximate surface area is 85.7 Å². The summed E-state index contributed by atoms with van der Waals surface area (Å²) >= 11 is 0. The molecule has 0 atom stereocenters. The van der Waals surface area contributed by atoms with Crippen molar-refractivity contribution in [3.8, 4) is 6.07 Å². The van der Waals surface area contributed by atoms with Crippen molar-refractivity contribution in [2.24, 2.45) is 0 Å². The van der Waals surface area contributed by atoms with Crippen LogP contribution < -0.4 is 0 Å². The van der Waals surface area contributed by atoms with E-state index < -0.39 is 0 Å². The molecule has 1 nitrogen and oxygen atoms in total. The van der Waals surface area contributed by atoms with Crippen molar-refractivity contribution < 1.29 is 0 Å². The summed E-state index contributed by atoms with van der Waals surface area (Å²) < 4.78 is 0. The van der Waals surface area contributed by atoms with Crippen molar-refractivity contribution >= 4 is 5.57 Å². The molecule has 0 bridgehead atoms. The number of aryl methyl sites for hydroxylation is 1. The Bertz CT molecular complexity index is 352. The van der Waals surface area contributed by atoms with Gasteiger partial charge in [-0.05, 0) is 24.0 Å². The van der Waals surface area contributed by atoms with Crippen molar-refractivity contribution in [2.75, 3.05) is 0 Å². The van der Waals surface area contributed by atoms with Crippen LogP contribution in [0.25, 0.3) is 5.57 Å². The lowest BCUT2D eigenvalue weighted by Gasteiger charge is -2.00. The molecule has 0 unspecified atom stereocenters. The van der Waals surface area contributed by atoms with Crippen LogP contribution in [0.3, 0.4) is 0 Å². The molecule has 0 aliphatic heterocycles. The smallest absolute Gasteiger partial charge is 0.0994 e. The molecule has 0 N–H and O–H groups in total. The van der Waals surface area contributed by atoms with Gasteiger partial charge in [-0.1, -0.05) is 44.2 Å². The van der Waals surface area contributed by atoms with E-state index in [0.717, 1.165) is 24.0 Å². The number of nitriles is 1. The monoisotopic (exact) mass is 185 g/mol. The molecule has 0 saturated carbocycles. The molecule has 0 radical (unpaired) electrons. The zero-order valence-corrected chi connectivity index (χ0v) is 8.75. The SMILES string of the molecule is CC/C=C(\C#N)c1ccc(CC)cc1. The Balaban J connectivity index is 2.97. The van der Waals surface area contributed by atoms with Gasteiger partial charge in [0.1, 0.15) is 0 Å². The number of hydrogen-bond acceptors (Lipinski definition) is 1. The van der Waals surface area contributed by atoms with Crippen LogP contribution in [-0.2, 0) is 6.42 Å². The van der Waals surface area contributed by atoms with Crippen LogP contribution >= 0.6 is 0 Å². The topological polar surface area (TPSA) is 23.8 Å². The first-order valence-corrected chi connectivity index (χ1v) is 5.01. The standard InChI is InChI=1S/C13H15N/c1-3-5-13(10-14)12-8-6-11(4-2)7-9-12/h5-9H,3-4H2,1-2H3/b13-5+. The van der Waals surface area contributed by atoms with Crippen LogP contribution in [0.5, 0.6) is 0 Å². The number of nitrogens with zero attached hydrogens (tertiary/aromatic N) is 1. The van der Waals surface area contributed by atoms with Crippen molar-refractivity contribution in [2.45, 2.75) is 26.7 Å². The first-order valence-electron chi connectivity index (χ1n) is 5.01. The fourth-order valence-corrected chi connectivity index (χ4v) is 1.35. The average Bonchev–Trinajstić information content (AvgIpc) is 2.26. The molecule has 1 aromatic carbocycles. The third-order valence-corrected chi connectivity index (χ3v) is 2.20. The molecule has 0 aromatic heterocycles. The molecule has 14 heavy (non-hydrogen) atoms. The van der Waals surface area contributed by atoms with E-state index in [1.165, 1.54) is 5.56 Å². The molecular weight excluding hydrogens is 170 g/mol. The summed E-state index contributed by atoms with van der Waals surface area (Å²) in [4.78, 5) is 0. The second-order valence-electron chi connectivity index (χ2n) is 3.19. The van der Waals surface area contributed by atoms with Gasteiger partial charge in [-0.15, -0.1) is 0 Å². The fraction of sp³-hybridized carbons (Fsp3) is 0.308. The normalized spacial score (nSPS) is 11.1. The Morgan fingerprint density at radius 2 is 1.93 bits per heavy atom.